The first-order valence-electron chi connectivity index (χ1n) is 30.0. The fourth-order valence-corrected chi connectivity index (χ4v) is 14.5. The summed E-state index contributed by atoms with van der Waals surface area (Å²) < 4.78 is 31.0. The number of phosphoric ester groups is 1. The number of allylic oxidation sites excluding steroid dienone is 6. The van der Waals surface area contributed by atoms with Gasteiger partial charge in [-0.1, -0.05) is 47.1 Å². The van der Waals surface area contributed by atoms with Crippen molar-refractivity contribution in [1.29, 1.82) is 0 Å². The van der Waals surface area contributed by atoms with Crippen molar-refractivity contribution in [2.45, 2.75) is 178 Å². The molecule has 0 saturated carbocycles. The maximum atomic E-state index is 14.1. The predicted octanol–water partition coefficient (Wildman–Crippen LogP) is 4.70. The summed E-state index contributed by atoms with van der Waals surface area (Å²) >= 11 is 0. The Balaban J connectivity index is 0.00000471. The molecular formula is C63H99CoN13O14P-. The first kappa shape index (κ1) is 81.9. The van der Waals surface area contributed by atoms with Gasteiger partial charge in [0.2, 0.25) is 29.5 Å². The third-order valence-electron chi connectivity index (χ3n) is 19.0. The number of aliphatic imine (C=N–C) groups is 3. The number of phosphoric acid groups is 1. The van der Waals surface area contributed by atoms with Crippen LogP contribution >= 0.6 is 7.82 Å². The number of nitrogens with two attached hydrogens (primary N) is 6. The Bertz CT molecular complexity index is 3220. The zero-order valence-corrected chi connectivity index (χ0v) is 57.3. The molecule has 29 heteroatoms. The van der Waals surface area contributed by atoms with Crippen LogP contribution in [-0.4, -0.2) is 131 Å². The van der Waals surface area contributed by atoms with E-state index < -0.39 is 125 Å². The Morgan fingerprint density at radius 2 is 1.50 bits per heavy atom. The Labute approximate surface area is 550 Å². The van der Waals surface area contributed by atoms with Gasteiger partial charge in [0, 0.05) is 102 Å². The molecule has 4 aliphatic heterocycles. The topological polar surface area (TPSA) is 475 Å². The second kappa shape index (κ2) is 33.8. The van der Waals surface area contributed by atoms with Crippen molar-refractivity contribution in [2.75, 3.05) is 19.6 Å². The number of nitrogens with one attached hydrogen (secondary N) is 2. The van der Waals surface area contributed by atoms with Crippen LogP contribution in [0.1, 0.15) is 144 Å². The Morgan fingerprint density at radius 3 is 2.04 bits per heavy atom. The molecule has 0 spiro atoms. The number of hydrogen-bond acceptors (Lipinski definition) is 20. The van der Waals surface area contributed by atoms with Gasteiger partial charge in [0.05, 0.1) is 29.5 Å². The summed E-state index contributed by atoms with van der Waals surface area (Å²) in [6, 6.07) is 3.11. The summed E-state index contributed by atoms with van der Waals surface area (Å²) in [5.74, 6) is -4.84. The Kier molecular flexibility index (Phi) is 30.1. The van der Waals surface area contributed by atoms with Gasteiger partial charge < -0.3 is 95.9 Å². The summed E-state index contributed by atoms with van der Waals surface area (Å²) in [5.41, 5.74) is 49.6. The number of rotatable bonds is 29. The smallest absolute Gasteiger partial charge is 0.756 e. The van der Waals surface area contributed by atoms with Crippen LogP contribution in [0.15, 0.2) is 67.8 Å². The number of aliphatic hydroxyl groups excluding tert-OH is 2. The molecule has 27 nitrogen and oxygen atoms in total. The van der Waals surface area contributed by atoms with E-state index in [0.29, 0.717) is 45.1 Å². The number of imidazole rings is 1. The molecule has 0 bridgehead atoms. The Hall–Kier alpha value is -6.17. The van der Waals surface area contributed by atoms with Crippen molar-refractivity contribution in [3.05, 3.63) is 77.1 Å². The number of carbonyl (C=O) groups excluding carboxylic acids is 7. The van der Waals surface area contributed by atoms with E-state index in [0.717, 1.165) is 16.7 Å². The van der Waals surface area contributed by atoms with Crippen LogP contribution in [0.2, 0.25) is 0 Å². The monoisotopic (exact) mass is 1350 g/mol. The number of aromatic nitrogens is 2. The van der Waals surface area contributed by atoms with Crippen molar-refractivity contribution < 1.29 is 83.8 Å². The number of ether oxygens (including phenoxy) is 1. The molecule has 1 fully saturated rings. The van der Waals surface area contributed by atoms with Gasteiger partial charge in [-0.2, -0.15) is 5.70 Å². The van der Waals surface area contributed by atoms with Crippen molar-refractivity contribution >= 4 is 79.6 Å². The molecule has 515 valence electrons. The molecule has 1 saturated heterocycles. The van der Waals surface area contributed by atoms with Crippen molar-refractivity contribution in [3.8, 4) is 0 Å². The minimum absolute atomic E-state index is 0. The molecule has 15 atom stereocenters. The van der Waals surface area contributed by atoms with E-state index in [1.54, 1.807) is 6.21 Å². The molecule has 6 rings (SSSR count). The summed E-state index contributed by atoms with van der Waals surface area (Å²) in [5, 5.41) is 24.8. The normalized spacial score (nSPS) is 27.8. The minimum Gasteiger partial charge on any atom is -0.756 e. The van der Waals surface area contributed by atoms with Gasteiger partial charge in [0.15, 0.2) is 12.5 Å². The molecule has 0 aliphatic carbocycles. The van der Waals surface area contributed by atoms with Crippen LogP contribution in [0.5, 0.6) is 0 Å². The van der Waals surface area contributed by atoms with E-state index in [1.165, 1.54) is 17.8 Å². The maximum Gasteiger partial charge on any atom is 2.00 e. The van der Waals surface area contributed by atoms with Crippen LogP contribution in [0.25, 0.3) is 16.8 Å². The number of primary amides is 4. The average Bonchev–Trinajstić information content (AvgIpc) is 1.58. The van der Waals surface area contributed by atoms with E-state index in [2.05, 4.69) is 10.3 Å². The number of fused-ring (bicyclic) bond motifs is 1. The molecule has 5 heterocycles. The van der Waals surface area contributed by atoms with Gasteiger partial charge in [-0.3, -0.25) is 43.5 Å². The number of benzene rings is 1. The molecular weight excluding hydrogens is 1250 g/mol. The zero-order chi connectivity index (χ0) is 68.3. The molecule has 15 unspecified atom stereocenters. The third kappa shape index (κ3) is 18.4. The number of amides is 5. The summed E-state index contributed by atoms with van der Waals surface area (Å²) in [6.45, 7) is 26.5. The molecule has 1 aromatic carbocycles. The molecule has 2 aromatic rings. The van der Waals surface area contributed by atoms with Gasteiger partial charge >= 0.3 is 16.8 Å². The predicted molar refractivity (Wildman–Crippen MR) is 346 cm³/mol. The van der Waals surface area contributed by atoms with E-state index >= 15 is 0 Å². The van der Waals surface area contributed by atoms with Gasteiger partial charge in [-0.05, 0) is 132 Å². The third-order valence-corrected chi connectivity index (χ3v) is 20.2. The van der Waals surface area contributed by atoms with Gasteiger partial charge in [-0.25, -0.2) is 4.98 Å². The van der Waals surface area contributed by atoms with E-state index in [-0.39, 0.29) is 102 Å². The molecule has 1 aromatic heterocycles. The zero-order valence-electron chi connectivity index (χ0n) is 55.4. The number of carbonyl (C=O) groups is 7. The summed E-state index contributed by atoms with van der Waals surface area (Å²) in [6.07, 6.45) is -1.94. The quantitative estimate of drug-likeness (QED) is 0.0394. The fraction of sp³-hybridized carbons (Fsp3) is 0.619. The summed E-state index contributed by atoms with van der Waals surface area (Å²) in [4.78, 5) is 113. The van der Waals surface area contributed by atoms with Crippen molar-refractivity contribution in [3.63, 3.8) is 0 Å². The van der Waals surface area contributed by atoms with Crippen molar-refractivity contribution in [2.24, 2.45) is 101 Å². The number of aryl methyl sites for hydroxylation is 2. The van der Waals surface area contributed by atoms with Gasteiger partial charge in [0.1, 0.15) is 25.8 Å². The maximum absolute atomic E-state index is 14.1. The van der Waals surface area contributed by atoms with Gasteiger partial charge in [-0.15, -0.1) is 0 Å². The van der Waals surface area contributed by atoms with E-state index in [1.807, 2.05) is 108 Å². The van der Waals surface area contributed by atoms with Crippen LogP contribution in [-0.2, 0) is 68.7 Å². The standard InChI is InChI=1S/C60H93N13O12P.2CH2O.CH3.Co/c1-30(2)49(67)37(14-17-45(64)75)60(12,27-62)35(7)51-39(25-61)59(11,20-19-48(78)68-26-33(5)84-86(81,82)85-53-52(79)55(83-56(53)80)73-29-70-41-21-31(3)32(4)22-42(41)73)54(72-51)34(6)50-38(15-18-46(65)76)57(8,9)43(71-50)23-40-36(13-16-44(63)74)58(10,28-69-40)24-47(66)77;2*1-2;;/h21-23,28-29,33,35-39,51-53,55-56,67,79-80H,13-20,24-27,61-62H2,1-12H3,(H2,63,74)(H2,64,75)(H2,65,76)(H2,66,77)(H,68,78)(H,81,82);2*1H2;1H3;/q-1;;;-1;+2/p-1/b40-23-,50-34-;;;;. The second-order valence-electron chi connectivity index (χ2n) is 25.7. The number of hydrogen-bond donors (Lipinski definition) is 9. The van der Waals surface area contributed by atoms with E-state index in [4.69, 9.17) is 72.8 Å². The number of nitrogens with zero attached hydrogens (tertiary/aromatic N) is 5. The van der Waals surface area contributed by atoms with Crippen LogP contribution in [0.3, 0.4) is 0 Å². The van der Waals surface area contributed by atoms with Crippen LogP contribution in [0.4, 0.5) is 0 Å². The molecule has 5 amide bonds. The summed E-state index contributed by atoms with van der Waals surface area (Å²) in [7, 11) is -5.29. The van der Waals surface area contributed by atoms with Crippen molar-refractivity contribution in [1.82, 2.24) is 14.9 Å². The molecule has 1 radical (unpaired) electrons. The first-order valence-corrected chi connectivity index (χ1v) is 31.5. The average molecular weight is 1350 g/mol. The van der Waals surface area contributed by atoms with E-state index in [9.17, 15) is 49.4 Å². The second-order valence-corrected chi connectivity index (χ2v) is 27.1. The first-order chi connectivity index (χ1) is 42.0. The molecule has 92 heavy (non-hydrogen) atoms. The minimum atomic E-state index is -5.29. The fourth-order valence-electron chi connectivity index (χ4n) is 13.4. The van der Waals surface area contributed by atoms with Crippen LogP contribution in [0, 0.1) is 72.5 Å². The molecule has 16 N–H and O–H groups in total. The molecule has 4 aliphatic rings. The Morgan fingerprint density at radius 1 is 0.924 bits per heavy atom. The van der Waals surface area contributed by atoms with Crippen LogP contribution < -0.4 is 44.6 Å². The van der Waals surface area contributed by atoms with Gasteiger partial charge in [0.25, 0.3) is 7.82 Å². The largest absolute Gasteiger partial charge is 2.00 e. The SMILES string of the molecule is C=O.C=O.CC(C)=C([NH-])C(CCC(N)=O)C(C)(CN)C(C)C1N=C(/C(C)=C2N=C(/C=C3\N=CC(C)(CC(N)=O)C3CCC(N)=O)C(C)(C)C\2CCC(N)=O)C(C)(CCC(=O)NCC(C)OP(=O)([O-])OC2C(O)OC(n3cnc4cc(C)c(C)cc43)C2O)C1CN.[CH3-].[Co+2]. The number of aliphatic hydroxyl groups is 2.